The molecule has 1 aliphatic heterocycles. The van der Waals surface area contributed by atoms with Gasteiger partial charge in [0.2, 0.25) is 0 Å². The molecule has 1 aromatic carbocycles. The van der Waals surface area contributed by atoms with Crippen LogP contribution in [0.3, 0.4) is 0 Å². The van der Waals surface area contributed by atoms with Crippen molar-refractivity contribution in [2.75, 3.05) is 13.2 Å². The molecule has 19 heavy (non-hydrogen) atoms. The molecule has 0 spiro atoms. The van der Waals surface area contributed by atoms with Crippen molar-refractivity contribution >= 4 is 17.8 Å². The van der Waals surface area contributed by atoms with E-state index in [-0.39, 0.29) is 32.0 Å². The summed E-state index contributed by atoms with van der Waals surface area (Å²) in [6, 6.07) is 6.62. The summed E-state index contributed by atoms with van der Waals surface area (Å²) in [6.07, 6.45) is 0. The van der Waals surface area contributed by atoms with E-state index in [2.05, 4.69) is 6.58 Å². The third-order valence-electron chi connectivity index (χ3n) is 2.77. The lowest BCUT2D eigenvalue weighted by Crippen LogP contribution is -2.33. The molecule has 5 nitrogen and oxygen atoms in total. The fraction of sp³-hybridized carbons (Fsp3) is 0.214. The van der Waals surface area contributed by atoms with E-state index in [1.54, 1.807) is 24.3 Å². The molecule has 1 aromatic rings. The molecule has 0 bridgehead atoms. The van der Waals surface area contributed by atoms with Crippen LogP contribution in [0.15, 0.2) is 36.4 Å². The monoisotopic (exact) mass is 261 g/mol. The highest BCUT2D eigenvalue weighted by atomic mass is 16.5. The van der Waals surface area contributed by atoms with Gasteiger partial charge in [0.05, 0.1) is 17.7 Å². The van der Waals surface area contributed by atoms with Crippen LogP contribution in [0.2, 0.25) is 0 Å². The van der Waals surface area contributed by atoms with Crippen molar-refractivity contribution in [2.24, 2.45) is 0 Å². The lowest BCUT2D eigenvalue weighted by molar-refractivity contribution is -0.139. The van der Waals surface area contributed by atoms with Gasteiger partial charge in [-0.15, -0.1) is 0 Å². The van der Waals surface area contributed by atoms with Gasteiger partial charge in [0.1, 0.15) is 6.61 Å². The van der Waals surface area contributed by atoms with Crippen LogP contribution in [0.5, 0.6) is 0 Å². The van der Waals surface area contributed by atoms with E-state index < -0.39 is 5.97 Å². The van der Waals surface area contributed by atoms with Gasteiger partial charge in [0.25, 0.3) is 11.8 Å². The minimum absolute atomic E-state index is 0. The average Bonchev–Trinajstić information content (AvgIpc) is 2.64. The lowest BCUT2D eigenvalue weighted by atomic mass is 10.1. The second-order valence-corrected chi connectivity index (χ2v) is 4.22. The summed E-state index contributed by atoms with van der Waals surface area (Å²) in [7, 11) is 0. The van der Waals surface area contributed by atoms with Gasteiger partial charge in [-0.3, -0.25) is 14.5 Å². The molecule has 0 atom stereocenters. The summed E-state index contributed by atoms with van der Waals surface area (Å²) in [4.78, 5) is 36.2. The maximum Gasteiger partial charge on any atom is 0.333 e. The fourth-order valence-electron chi connectivity index (χ4n) is 1.80. The number of ether oxygens (including phenoxy) is 1. The molecule has 0 aromatic heterocycles. The second-order valence-electron chi connectivity index (χ2n) is 4.22. The molecule has 5 heteroatoms. The molecule has 2 rings (SSSR count). The van der Waals surface area contributed by atoms with Crippen molar-refractivity contribution in [1.82, 2.24) is 4.90 Å². The first-order valence-electron chi connectivity index (χ1n) is 5.80. The summed E-state index contributed by atoms with van der Waals surface area (Å²) >= 11 is 0. The van der Waals surface area contributed by atoms with Crippen LogP contribution in [-0.2, 0) is 9.53 Å². The summed E-state index contributed by atoms with van der Waals surface area (Å²) in [6.45, 7) is 4.99. The van der Waals surface area contributed by atoms with E-state index in [1.165, 1.54) is 6.92 Å². The van der Waals surface area contributed by atoms with E-state index in [1.807, 2.05) is 0 Å². The Balaban J connectivity index is 0.00000200. The van der Waals surface area contributed by atoms with E-state index >= 15 is 0 Å². The van der Waals surface area contributed by atoms with Crippen LogP contribution < -0.4 is 0 Å². The first-order valence-corrected chi connectivity index (χ1v) is 5.80. The van der Waals surface area contributed by atoms with Crippen LogP contribution in [0.4, 0.5) is 0 Å². The van der Waals surface area contributed by atoms with Crippen molar-refractivity contribution in [3.63, 3.8) is 0 Å². The summed E-state index contributed by atoms with van der Waals surface area (Å²) in [5, 5.41) is 0. The van der Waals surface area contributed by atoms with Gasteiger partial charge in [-0.2, -0.15) is 0 Å². The van der Waals surface area contributed by atoms with Gasteiger partial charge in [0, 0.05) is 7.00 Å². The lowest BCUT2D eigenvalue weighted by Gasteiger charge is -2.13. The molecule has 0 saturated carbocycles. The Morgan fingerprint density at radius 2 is 1.79 bits per heavy atom. The molecular formula is C14H15NO4. The van der Waals surface area contributed by atoms with Gasteiger partial charge < -0.3 is 4.74 Å². The molecular weight excluding hydrogens is 246 g/mol. The highest BCUT2D eigenvalue weighted by Gasteiger charge is 2.34. The Labute approximate surface area is 111 Å². The molecule has 0 unspecified atom stereocenters. The highest BCUT2D eigenvalue weighted by molar-refractivity contribution is 6.21. The molecule has 0 radical (unpaired) electrons. The smallest absolute Gasteiger partial charge is 0.333 e. The highest BCUT2D eigenvalue weighted by Crippen LogP contribution is 2.21. The topological polar surface area (TPSA) is 63.7 Å². The van der Waals surface area contributed by atoms with Crippen LogP contribution in [0, 0.1) is 0 Å². The SMILES string of the molecule is C=C(C)C(=O)OCCN1C(=O)c2ccccc2C1=O.[HH]. The number of carbonyl (C=O) groups is 3. The van der Waals surface area contributed by atoms with E-state index in [0.29, 0.717) is 11.1 Å². The number of imide groups is 1. The van der Waals surface area contributed by atoms with Gasteiger partial charge in [0.15, 0.2) is 0 Å². The standard InChI is InChI=1S/C14H13NO4.H2/c1-9(2)14(18)19-8-7-15-12(16)10-5-3-4-6-11(10)13(15)17;/h3-6H,1,7-8H2,2H3;1H. The predicted molar refractivity (Wildman–Crippen MR) is 69.7 cm³/mol. The van der Waals surface area contributed by atoms with Gasteiger partial charge >= 0.3 is 5.97 Å². The summed E-state index contributed by atoms with van der Waals surface area (Å²) in [5.74, 6) is -1.24. The number of fused-ring (bicyclic) bond motifs is 1. The molecule has 0 fully saturated rings. The van der Waals surface area contributed by atoms with E-state index in [4.69, 9.17) is 4.74 Å². The Kier molecular flexibility index (Phi) is 3.46. The predicted octanol–water partition coefficient (Wildman–Crippen LogP) is 1.65. The number of carbonyl (C=O) groups excluding carboxylic acids is 3. The number of esters is 1. The molecule has 2 amide bonds. The first-order chi connectivity index (χ1) is 9.02. The minimum Gasteiger partial charge on any atom is -0.460 e. The second kappa shape index (κ2) is 5.06. The van der Waals surface area contributed by atoms with Gasteiger partial charge in [-0.25, -0.2) is 4.79 Å². The number of rotatable bonds is 4. The van der Waals surface area contributed by atoms with Crippen molar-refractivity contribution in [2.45, 2.75) is 6.92 Å². The number of amides is 2. The third kappa shape index (κ3) is 2.40. The zero-order chi connectivity index (χ0) is 14.0. The quantitative estimate of drug-likeness (QED) is 0.469. The zero-order valence-corrected chi connectivity index (χ0v) is 10.5. The fourth-order valence-corrected chi connectivity index (χ4v) is 1.80. The van der Waals surface area contributed by atoms with Crippen LogP contribution in [0.25, 0.3) is 0 Å². The van der Waals surface area contributed by atoms with Gasteiger partial charge in [-0.1, -0.05) is 18.7 Å². The van der Waals surface area contributed by atoms with Crippen molar-refractivity contribution in [3.05, 3.63) is 47.5 Å². The first kappa shape index (κ1) is 13.0. The Hall–Kier alpha value is -2.43. The summed E-state index contributed by atoms with van der Waals surface area (Å²) in [5.41, 5.74) is 1.06. The van der Waals surface area contributed by atoms with Crippen LogP contribution in [-0.4, -0.2) is 35.8 Å². The van der Waals surface area contributed by atoms with E-state index in [0.717, 1.165) is 4.90 Å². The Morgan fingerprint density at radius 1 is 1.26 bits per heavy atom. The van der Waals surface area contributed by atoms with Gasteiger partial charge in [-0.05, 0) is 19.1 Å². The Bertz CT molecular complexity index is 547. The zero-order valence-electron chi connectivity index (χ0n) is 10.5. The van der Waals surface area contributed by atoms with E-state index in [9.17, 15) is 14.4 Å². The molecule has 1 heterocycles. The number of hydrogen-bond donors (Lipinski definition) is 0. The maximum atomic E-state index is 12.0. The molecule has 100 valence electrons. The third-order valence-corrected chi connectivity index (χ3v) is 2.77. The molecule has 0 saturated heterocycles. The van der Waals surface area contributed by atoms with Crippen LogP contribution in [0.1, 0.15) is 29.1 Å². The largest absolute Gasteiger partial charge is 0.460 e. The number of benzene rings is 1. The average molecular weight is 261 g/mol. The normalized spacial score (nSPS) is 13.4. The molecule has 0 aliphatic carbocycles. The number of hydrogen-bond acceptors (Lipinski definition) is 4. The van der Waals surface area contributed by atoms with Crippen molar-refractivity contribution < 1.29 is 20.5 Å². The maximum absolute atomic E-state index is 12.0. The van der Waals surface area contributed by atoms with Crippen molar-refractivity contribution in [3.8, 4) is 0 Å². The molecule has 1 aliphatic rings. The van der Waals surface area contributed by atoms with Crippen LogP contribution >= 0.6 is 0 Å². The summed E-state index contributed by atoms with van der Waals surface area (Å²) < 4.78 is 4.88. The van der Waals surface area contributed by atoms with Crippen molar-refractivity contribution in [1.29, 1.82) is 0 Å². The Morgan fingerprint density at radius 3 is 2.26 bits per heavy atom. The number of nitrogens with zero attached hydrogens (tertiary/aromatic N) is 1. The minimum atomic E-state index is -0.531. The molecule has 0 N–H and O–H groups in total.